The number of aliphatic hydroxyl groups excluding tert-OH is 1. The first kappa shape index (κ1) is 15.9. The van der Waals surface area contributed by atoms with Crippen molar-refractivity contribution in [3.05, 3.63) is 0 Å². The summed E-state index contributed by atoms with van der Waals surface area (Å²) < 4.78 is 5.41. The van der Waals surface area contributed by atoms with Gasteiger partial charge in [-0.2, -0.15) is 0 Å². The van der Waals surface area contributed by atoms with Crippen molar-refractivity contribution in [2.45, 2.75) is 51.1 Å². The van der Waals surface area contributed by atoms with E-state index in [1.54, 1.807) is 0 Å². The van der Waals surface area contributed by atoms with Crippen molar-refractivity contribution in [2.75, 3.05) is 40.0 Å². The highest BCUT2D eigenvalue weighted by atomic mass is 16.5. The summed E-state index contributed by atoms with van der Waals surface area (Å²) in [7, 11) is 2.18. The second-order valence-electron chi connectivity index (χ2n) is 5.75. The van der Waals surface area contributed by atoms with E-state index in [0.717, 1.165) is 52.0 Å². The molecule has 0 spiro atoms. The Balaban J connectivity index is 2.21. The number of rotatable bonds is 9. The van der Waals surface area contributed by atoms with Gasteiger partial charge in [0.05, 0.1) is 13.2 Å². The van der Waals surface area contributed by atoms with Gasteiger partial charge < -0.3 is 20.1 Å². The average Bonchev–Trinajstić information content (AvgIpc) is 2.90. The smallest absolute Gasteiger partial charge is 0.0622 e. The Labute approximate surface area is 112 Å². The molecule has 1 aliphatic heterocycles. The summed E-state index contributed by atoms with van der Waals surface area (Å²) in [6.07, 6.45) is 4.39. The van der Waals surface area contributed by atoms with Gasteiger partial charge in [0.1, 0.15) is 0 Å². The lowest BCUT2D eigenvalue weighted by molar-refractivity contribution is 0.142. The molecule has 0 amide bonds. The zero-order chi connectivity index (χ0) is 13.4. The average molecular weight is 258 g/mol. The molecule has 1 fully saturated rings. The lowest BCUT2D eigenvalue weighted by Crippen LogP contribution is -2.46. The number of hydrogen-bond acceptors (Lipinski definition) is 4. The topological polar surface area (TPSA) is 44.7 Å². The Kier molecular flexibility index (Phi) is 7.15. The van der Waals surface area contributed by atoms with Gasteiger partial charge in [0, 0.05) is 18.2 Å². The molecule has 0 saturated carbocycles. The van der Waals surface area contributed by atoms with Gasteiger partial charge in [-0.1, -0.05) is 6.92 Å². The first-order valence-electron chi connectivity index (χ1n) is 7.25. The van der Waals surface area contributed by atoms with E-state index in [1.165, 1.54) is 0 Å². The Hall–Kier alpha value is -0.160. The molecule has 0 bridgehead atoms. The second-order valence-corrected chi connectivity index (χ2v) is 5.75. The van der Waals surface area contributed by atoms with Gasteiger partial charge in [-0.15, -0.1) is 0 Å². The van der Waals surface area contributed by atoms with E-state index in [0.29, 0.717) is 6.04 Å². The van der Waals surface area contributed by atoms with Crippen molar-refractivity contribution in [3.63, 3.8) is 0 Å². The molecule has 1 saturated heterocycles. The number of ether oxygens (including phenoxy) is 1. The highest BCUT2D eigenvalue weighted by Crippen LogP contribution is 2.15. The van der Waals surface area contributed by atoms with Crippen LogP contribution in [0.5, 0.6) is 0 Å². The van der Waals surface area contributed by atoms with E-state index < -0.39 is 0 Å². The summed E-state index contributed by atoms with van der Waals surface area (Å²) in [5, 5.41) is 12.9. The van der Waals surface area contributed by atoms with E-state index in [4.69, 9.17) is 4.74 Å². The third-order valence-electron chi connectivity index (χ3n) is 3.92. The minimum atomic E-state index is -0.122. The van der Waals surface area contributed by atoms with Crippen molar-refractivity contribution >= 4 is 0 Å². The molecule has 2 atom stereocenters. The fourth-order valence-corrected chi connectivity index (χ4v) is 2.42. The predicted octanol–water partition coefficient (Wildman–Crippen LogP) is 1.24. The summed E-state index contributed by atoms with van der Waals surface area (Å²) in [5.74, 6) is 0. The quantitative estimate of drug-likeness (QED) is 0.653. The highest BCUT2D eigenvalue weighted by molar-refractivity contribution is 4.83. The van der Waals surface area contributed by atoms with Crippen molar-refractivity contribution < 1.29 is 9.84 Å². The molecule has 4 heteroatoms. The molecular formula is C14H30N2O2. The zero-order valence-corrected chi connectivity index (χ0v) is 12.2. The van der Waals surface area contributed by atoms with Crippen LogP contribution in [0.2, 0.25) is 0 Å². The van der Waals surface area contributed by atoms with E-state index in [-0.39, 0.29) is 12.1 Å². The van der Waals surface area contributed by atoms with Crippen molar-refractivity contribution in [3.8, 4) is 0 Å². The van der Waals surface area contributed by atoms with Gasteiger partial charge in [0.15, 0.2) is 0 Å². The van der Waals surface area contributed by atoms with Gasteiger partial charge in [-0.05, 0) is 52.7 Å². The molecule has 4 nitrogen and oxygen atoms in total. The van der Waals surface area contributed by atoms with E-state index >= 15 is 0 Å². The molecule has 0 aliphatic carbocycles. The minimum absolute atomic E-state index is 0.122. The van der Waals surface area contributed by atoms with Gasteiger partial charge in [0.25, 0.3) is 0 Å². The van der Waals surface area contributed by atoms with Gasteiger partial charge >= 0.3 is 0 Å². The minimum Gasteiger partial charge on any atom is -0.394 e. The molecule has 0 radical (unpaired) electrons. The number of hydrogen-bond donors (Lipinski definition) is 2. The second kappa shape index (κ2) is 8.10. The fourth-order valence-electron chi connectivity index (χ4n) is 2.42. The Bertz CT molecular complexity index is 220. The highest BCUT2D eigenvalue weighted by Gasteiger charge is 2.23. The maximum atomic E-state index is 9.49. The van der Waals surface area contributed by atoms with Gasteiger partial charge in [0.2, 0.25) is 0 Å². The number of aliphatic hydroxyl groups is 1. The predicted molar refractivity (Wildman–Crippen MR) is 74.9 cm³/mol. The number of nitrogens with one attached hydrogen (secondary N) is 1. The standard InChI is InChI=1S/C14H30N2O2/c1-4-8-15-14(2,12-17)7-5-9-16(3)13-6-10-18-11-13/h13,15,17H,4-12H2,1-3H3. The van der Waals surface area contributed by atoms with Crippen LogP contribution in [0, 0.1) is 0 Å². The van der Waals surface area contributed by atoms with Crippen LogP contribution < -0.4 is 5.32 Å². The maximum absolute atomic E-state index is 9.49. The number of nitrogens with zero attached hydrogens (tertiary/aromatic N) is 1. The molecular weight excluding hydrogens is 228 g/mol. The van der Waals surface area contributed by atoms with Crippen LogP contribution in [0.15, 0.2) is 0 Å². The summed E-state index contributed by atoms with van der Waals surface area (Å²) in [6, 6.07) is 0.592. The summed E-state index contributed by atoms with van der Waals surface area (Å²) in [5.41, 5.74) is -0.122. The lowest BCUT2D eigenvalue weighted by atomic mass is 9.96. The van der Waals surface area contributed by atoms with Crippen LogP contribution in [0.25, 0.3) is 0 Å². The van der Waals surface area contributed by atoms with Crippen LogP contribution in [-0.2, 0) is 4.74 Å². The third kappa shape index (κ3) is 5.22. The molecule has 1 aliphatic rings. The van der Waals surface area contributed by atoms with Crippen molar-refractivity contribution in [2.24, 2.45) is 0 Å². The van der Waals surface area contributed by atoms with E-state index in [1.807, 2.05) is 0 Å². The van der Waals surface area contributed by atoms with Crippen LogP contribution in [-0.4, -0.2) is 61.5 Å². The van der Waals surface area contributed by atoms with Crippen molar-refractivity contribution in [1.82, 2.24) is 10.2 Å². The molecule has 0 aromatic carbocycles. The fraction of sp³-hybridized carbons (Fsp3) is 1.00. The SMILES string of the molecule is CCCNC(C)(CO)CCCN(C)C1CCOC1. The van der Waals surface area contributed by atoms with Crippen LogP contribution in [0.3, 0.4) is 0 Å². The molecule has 1 rings (SSSR count). The van der Waals surface area contributed by atoms with Gasteiger partial charge in [-0.25, -0.2) is 0 Å². The summed E-state index contributed by atoms with van der Waals surface area (Å²) in [4.78, 5) is 2.39. The van der Waals surface area contributed by atoms with Crippen LogP contribution >= 0.6 is 0 Å². The largest absolute Gasteiger partial charge is 0.394 e. The first-order valence-corrected chi connectivity index (χ1v) is 7.25. The molecule has 0 aromatic rings. The summed E-state index contributed by atoms with van der Waals surface area (Å²) >= 11 is 0. The zero-order valence-electron chi connectivity index (χ0n) is 12.2. The molecule has 1 heterocycles. The van der Waals surface area contributed by atoms with Crippen molar-refractivity contribution in [1.29, 1.82) is 0 Å². The van der Waals surface area contributed by atoms with E-state index in [2.05, 4.69) is 31.1 Å². The number of likely N-dealkylation sites (N-methyl/N-ethyl adjacent to an activating group) is 1. The van der Waals surface area contributed by atoms with Gasteiger partial charge in [-0.3, -0.25) is 0 Å². The lowest BCUT2D eigenvalue weighted by Gasteiger charge is -2.30. The van der Waals surface area contributed by atoms with E-state index in [9.17, 15) is 5.11 Å². The van der Waals surface area contributed by atoms with Crippen LogP contribution in [0.1, 0.15) is 39.5 Å². The first-order chi connectivity index (χ1) is 8.61. The normalized spacial score (nSPS) is 23.5. The maximum Gasteiger partial charge on any atom is 0.0622 e. The Morgan fingerprint density at radius 1 is 1.50 bits per heavy atom. The Morgan fingerprint density at radius 2 is 2.28 bits per heavy atom. The molecule has 2 N–H and O–H groups in total. The Morgan fingerprint density at radius 3 is 2.83 bits per heavy atom. The molecule has 0 aromatic heterocycles. The molecule has 108 valence electrons. The van der Waals surface area contributed by atoms with Crippen LogP contribution in [0.4, 0.5) is 0 Å². The third-order valence-corrected chi connectivity index (χ3v) is 3.92. The molecule has 2 unspecified atom stereocenters. The molecule has 18 heavy (non-hydrogen) atoms. The summed E-state index contributed by atoms with van der Waals surface area (Å²) in [6.45, 7) is 8.31. The monoisotopic (exact) mass is 258 g/mol.